The molecule has 2 amide bonds. The molecule has 0 bridgehead atoms. The third kappa shape index (κ3) is 3.69. The lowest BCUT2D eigenvalue weighted by Gasteiger charge is -2.08. The van der Waals surface area contributed by atoms with Crippen LogP contribution in [0.4, 0.5) is 10.5 Å². The first-order valence-electron chi connectivity index (χ1n) is 8.43. The zero-order valence-corrected chi connectivity index (χ0v) is 14.9. The maximum absolute atomic E-state index is 12.0. The summed E-state index contributed by atoms with van der Waals surface area (Å²) < 4.78 is 15.8. The highest BCUT2D eigenvalue weighted by Gasteiger charge is 2.16. The van der Waals surface area contributed by atoms with Crippen molar-refractivity contribution >= 4 is 11.7 Å². The van der Waals surface area contributed by atoms with Gasteiger partial charge in [0.05, 0.1) is 6.54 Å². The number of hydrogen-bond donors (Lipinski definition) is 2. The topological polar surface area (TPSA) is 98.5 Å². The Morgan fingerprint density at radius 1 is 1.07 bits per heavy atom. The van der Waals surface area contributed by atoms with Crippen LogP contribution in [0.3, 0.4) is 0 Å². The molecule has 0 atom stereocenters. The van der Waals surface area contributed by atoms with Crippen molar-refractivity contribution in [1.29, 1.82) is 0 Å². The van der Waals surface area contributed by atoms with Gasteiger partial charge in [0.1, 0.15) is 0 Å². The number of carbonyl (C=O) groups excluding carboxylic acids is 1. The van der Waals surface area contributed by atoms with E-state index < -0.39 is 0 Å². The SMILES string of the molecule is Cc1ccc(NC(=O)NCc2nc(-c3ccc4c(c3)OCO4)no2)cc1C. The van der Waals surface area contributed by atoms with E-state index in [-0.39, 0.29) is 19.4 Å². The summed E-state index contributed by atoms with van der Waals surface area (Å²) in [4.78, 5) is 16.3. The minimum Gasteiger partial charge on any atom is -0.454 e. The van der Waals surface area contributed by atoms with Gasteiger partial charge in [-0.05, 0) is 55.3 Å². The van der Waals surface area contributed by atoms with E-state index in [2.05, 4.69) is 20.8 Å². The van der Waals surface area contributed by atoms with Crippen LogP contribution < -0.4 is 20.1 Å². The number of anilines is 1. The van der Waals surface area contributed by atoms with Gasteiger partial charge in [-0.1, -0.05) is 11.2 Å². The van der Waals surface area contributed by atoms with Crippen molar-refractivity contribution in [3.05, 3.63) is 53.4 Å². The summed E-state index contributed by atoms with van der Waals surface area (Å²) in [7, 11) is 0. The Morgan fingerprint density at radius 2 is 1.93 bits per heavy atom. The summed E-state index contributed by atoms with van der Waals surface area (Å²) in [5.74, 6) is 2.05. The zero-order valence-electron chi connectivity index (χ0n) is 14.9. The number of aromatic nitrogens is 2. The second-order valence-electron chi connectivity index (χ2n) is 6.19. The van der Waals surface area contributed by atoms with E-state index in [4.69, 9.17) is 14.0 Å². The fourth-order valence-electron chi connectivity index (χ4n) is 2.63. The second kappa shape index (κ2) is 6.99. The molecule has 1 aromatic heterocycles. The Kier molecular flexibility index (Phi) is 4.37. The molecular weight excluding hydrogens is 348 g/mol. The maximum Gasteiger partial charge on any atom is 0.319 e. The average Bonchev–Trinajstić information content (AvgIpc) is 3.31. The van der Waals surface area contributed by atoms with Crippen LogP contribution in [0.25, 0.3) is 11.4 Å². The molecule has 138 valence electrons. The molecule has 1 aliphatic rings. The molecule has 3 aromatic rings. The Hall–Kier alpha value is -3.55. The molecule has 0 fully saturated rings. The number of urea groups is 1. The Balaban J connectivity index is 1.36. The Morgan fingerprint density at radius 3 is 2.78 bits per heavy atom. The van der Waals surface area contributed by atoms with Gasteiger partial charge in [0, 0.05) is 11.3 Å². The quantitative estimate of drug-likeness (QED) is 0.734. The molecule has 0 aliphatic carbocycles. The molecule has 0 spiro atoms. The molecule has 2 aromatic carbocycles. The van der Waals surface area contributed by atoms with Crippen LogP contribution in [0, 0.1) is 13.8 Å². The lowest BCUT2D eigenvalue weighted by molar-refractivity contribution is 0.174. The highest BCUT2D eigenvalue weighted by molar-refractivity contribution is 5.89. The van der Waals surface area contributed by atoms with Gasteiger partial charge in [0.25, 0.3) is 0 Å². The van der Waals surface area contributed by atoms with Gasteiger partial charge < -0.3 is 24.6 Å². The zero-order chi connectivity index (χ0) is 18.8. The minimum atomic E-state index is -0.346. The number of nitrogens with one attached hydrogen (secondary N) is 2. The molecular formula is C19H18N4O4. The molecule has 2 heterocycles. The number of ether oxygens (including phenoxy) is 2. The number of nitrogens with zero attached hydrogens (tertiary/aromatic N) is 2. The van der Waals surface area contributed by atoms with E-state index in [0.29, 0.717) is 23.2 Å². The van der Waals surface area contributed by atoms with Crippen LogP contribution in [0.2, 0.25) is 0 Å². The summed E-state index contributed by atoms with van der Waals surface area (Å²) in [5, 5.41) is 9.41. The minimum absolute atomic E-state index is 0.119. The van der Waals surface area contributed by atoms with E-state index in [1.165, 1.54) is 5.56 Å². The van der Waals surface area contributed by atoms with Crippen LogP contribution >= 0.6 is 0 Å². The van der Waals surface area contributed by atoms with Crippen LogP contribution in [0.15, 0.2) is 40.9 Å². The van der Waals surface area contributed by atoms with Gasteiger partial charge in [-0.25, -0.2) is 4.79 Å². The van der Waals surface area contributed by atoms with Gasteiger partial charge in [-0.15, -0.1) is 0 Å². The Bertz CT molecular complexity index is 999. The van der Waals surface area contributed by atoms with Crippen LogP contribution in [0.5, 0.6) is 11.5 Å². The molecule has 2 N–H and O–H groups in total. The van der Waals surface area contributed by atoms with Gasteiger partial charge in [0.2, 0.25) is 18.5 Å². The molecule has 8 nitrogen and oxygen atoms in total. The number of aryl methyl sites for hydroxylation is 2. The van der Waals surface area contributed by atoms with Crippen LogP contribution in [-0.2, 0) is 6.54 Å². The van der Waals surface area contributed by atoms with Crippen LogP contribution in [-0.4, -0.2) is 23.0 Å². The van der Waals surface area contributed by atoms with E-state index in [9.17, 15) is 4.79 Å². The summed E-state index contributed by atoms with van der Waals surface area (Å²) in [6.07, 6.45) is 0. The average molecular weight is 366 g/mol. The maximum atomic E-state index is 12.0. The highest BCUT2D eigenvalue weighted by Crippen LogP contribution is 2.35. The van der Waals surface area contributed by atoms with Crippen molar-refractivity contribution in [2.45, 2.75) is 20.4 Å². The number of hydrogen-bond acceptors (Lipinski definition) is 6. The number of rotatable bonds is 4. The number of amides is 2. The molecule has 0 unspecified atom stereocenters. The summed E-state index contributed by atoms with van der Waals surface area (Å²) in [6.45, 7) is 4.34. The monoisotopic (exact) mass is 366 g/mol. The lowest BCUT2D eigenvalue weighted by atomic mass is 10.1. The fourth-order valence-corrected chi connectivity index (χ4v) is 2.63. The van der Waals surface area contributed by atoms with Crippen molar-refractivity contribution in [2.24, 2.45) is 0 Å². The molecule has 27 heavy (non-hydrogen) atoms. The van der Waals surface area contributed by atoms with E-state index in [1.807, 2.05) is 38.1 Å². The normalized spacial score (nSPS) is 12.1. The molecule has 0 saturated carbocycles. The Labute approximate surface area is 155 Å². The summed E-state index contributed by atoms with van der Waals surface area (Å²) >= 11 is 0. The van der Waals surface area contributed by atoms with Gasteiger partial charge in [-0.3, -0.25) is 0 Å². The van der Waals surface area contributed by atoms with Gasteiger partial charge in [-0.2, -0.15) is 4.98 Å². The third-order valence-electron chi connectivity index (χ3n) is 4.26. The smallest absolute Gasteiger partial charge is 0.319 e. The fraction of sp³-hybridized carbons (Fsp3) is 0.211. The van der Waals surface area contributed by atoms with Crippen molar-refractivity contribution in [3.8, 4) is 22.9 Å². The van der Waals surface area contributed by atoms with E-state index in [0.717, 1.165) is 16.8 Å². The van der Waals surface area contributed by atoms with Crippen molar-refractivity contribution < 1.29 is 18.8 Å². The number of fused-ring (bicyclic) bond motifs is 1. The van der Waals surface area contributed by atoms with E-state index >= 15 is 0 Å². The standard InChI is InChI=1S/C19H18N4O4/c1-11-3-5-14(7-12(11)2)21-19(24)20-9-17-22-18(23-27-17)13-4-6-15-16(8-13)26-10-25-15/h3-8H,9-10H2,1-2H3,(H2,20,21,24). The summed E-state index contributed by atoms with van der Waals surface area (Å²) in [6, 6.07) is 10.8. The first kappa shape index (κ1) is 16.9. The van der Waals surface area contributed by atoms with Crippen molar-refractivity contribution in [1.82, 2.24) is 15.5 Å². The predicted molar refractivity (Wildman–Crippen MR) is 97.6 cm³/mol. The molecule has 0 radical (unpaired) electrons. The first-order valence-corrected chi connectivity index (χ1v) is 8.43. The van der Waals surface area contributed by atoms with Gasteiger partial charge >= 0.3 is 6.03 Å². The second-order valence-corrected chi connectivity index (χ2v) is 6.19. The van der Waals surface area contributed by atoms with Crippen LogP contribution in [0.1, 0.15) is 17.0 Å². The molecule has 1 aliphatic heterocycles. The van der Waals surface area contributed by atoms with Crippen molar-refractivity contribution in [3.63, 3.8) is 0 Å². The van der Waals surface area contributed by atoms with E-state index in [1.54, 1.807) is 12.1 Å². The van der Waals surface area contributed by atoms with Crippen molar-refractivity contribution in [2.75, 3.05) is 12.1 Å². The van der Waals surface area contributed by atoms with Gasteiger partial charge in [0.15, 0.2) is 11.5 Å². The molecule has 8 heteroatoms. The predicted octanol–water partition coefficient (Wildman–Crippen LogP) is 3.40. The molecule has 4 rings (SSSR count). The summed E-state index contributed by atoms with van der Waals surface area (Å²) in [5.41, 5.74) is 3.75. The number of benzene rings is 2. The largest absolute Gasteiger partial charge is 0.454 e. The molecule has 0 saturated heterocycles. The lowest BCUT2D eigenvalue weighted by Crippen LogP contribution is -2.28. The highest BCUT2D eigenvalue weighted by atomic mass is 16.7. The number of carbonyl (C=O) groups is 1. The first-order chi connectivity index (χ1) is 13.1. The third-order valence-corrected chi connectivity index (χ3v) is 4.26.